The van der Waals surface area contributed by atoms with Crippen molar-refractivity contribution in [2.45, 2.75) is 19.6 Å². The topological polar surface area (TPSA) is 79.0 Å². The Balaban J connectivity index is 2.53. The molecule has 98 valence electrons. The van der Waals surface area contributed by atoms with Gasteiger partial charge in [-0.25, -0.2) is 0 Å². The molecule has 0 saturated heterocycles. The summed E-state index contributed by atoms with van der Waals surface area (Å²) < 4.78 is 0. The van der Waals surface area contributed by atoms with E-state index in [0.717, 1.165) is 16.9 Å². The Labute approximate surface area is 112 Å². The van der Waals surface area contributed by atoms with Gasteiger partial charge in [-0.1, -0.05) is 12.1 Å². The second kappa shape index (κ2) is 7.06. The fourth-order valence-corrected chi connectivity index (χ4v) is 2.46. The number of carbonyl (C=O) groups is 1. The SMILES string of the molecule is CCNC(=O)CSCc1ccc(C(=N)N)cc1C. The van der Waals surface area contributed by atoms with Crippen molar-refractivity contribution in [2.75, 3.05) is 12.3 Å². The van der Waals surface area contributed by atoms with Gasteiger partial charge in [0.05, 0.1) is 5.75 Å². The summed E-state index contributed by atoms with van der Waals surface area (Å²) in [5.74, 6) is 1.42. The summed E-state index contributed by atoms with van der Waals surface area (Å²) in [6.07, 6.45) is 0. The number of nitrogens with two attached hydrogens (primary N) is 1. The van der Waals surface area contributed by atoms with Crippen LogP contribution in [0.5, 0.6) is 0 Å². The van der Waals surface area contributed by atoms with Gasteiger partial charge in [0.2, 0.25) is 5.91 Å². The van der Waals surface area contributed by atoms with Crippen molar-refractivity contribution in [3.05, 3.63) is 34.9 Å². The number of amides is 1. The summed E-state index contributed by atoms with van der Waals surface area (Å²) in [4.78, 5) is 11.3. The summed E-state index contributed by atoms with van der Waals surface area (Å²) in [6.45, 7) is 4.58. The van der Waals surface area contributed by atoms with E-state index in [9.17, 15) is 4.79 Å². The van der Waals surface area contributed by atoms with Crippen LogP contribution in [0.15, 0.2) is 18.2 Å². The molecule has 0 heterocycles. The van der Waals surface area contributed by atoms with Gasteiger partial charge in [0, 0.05) is 17.9 Å². The molecule has 0 atom stereocenters. The zero-order chi connectivity index (χ0) is 13.5. The van der Waals surface area contributed by atoms with E-state index < -0.39 is 0 Å². The van der Waals surface area contributed by atoms with Crippen LogP contribution in [0.3, 0.4) is 0 Å². The average Bonchev–Trinajstić information content (AvgIpc) is 2.31. The average molecular weight is 265 g/mol. The Kier molecular flexibility index (Phi) is 5.71. The van der Waals surface area contributed by atoms with E-state index >= 15 is 0 Å². The Morgan fingerprint density at radius 3 is 2.78 bits per heavy atom. The van der Waals surface area contributed by atoms with Gasteiger partial charge in [0.1, 0.15) is 5.84 Å². The molecule has 0 aliphatic heterocycles. The summed E-state index contributed by atoms with van der Waals surface area (Å²) >= 11 is 1.59. The van der Waals surface area contributed by atoms with Crippen molar-refractivity contribution < 1.29 is 4.79 Å². The fraction of sp³-hybridized carbons (Fsp3) is 0.385. The maximum Gasteiger partial charge on any atom is 0.229 e. The first-order chi connectivity index (χ1) is 8.54. The van der Waals surface area contributed by atoms with Gasteiger partial charge in [-0.3, -0.25) is 10.2 Å². The smallest absolute Gasteiger partial charge is 0.229 e. The third kappa shape index (κ3) is 4.41. The zero-order valence-corrected chi connectivity index (χ0v) is 11.6. The lowest BCUT2D eigenvalue weighted by Gasteiger charge is -2.08. The van der Waals surface area contributed by atoms with Crippen LogP contribution in [-0.4, -0.2) is 24.0 Å². The normalized spacial score (nSPS) is 10.1. The van der Waals surface area contributed by atoms with Crippen molar-refractivity contribution in [2.24, 2.45) is 5.73 Å². The van der Waals surface area contributed by atoms with Crippen LogP contribution in [0.4, 0.5) is 0 Å². The predicted molar refractivity (Wildman–Crippen MR) is 77.0 cm³/mol. The minimum Gasteiger partial charge on any atom is -0.384 e. The van der Waals surface area contributed by atoms with E-state index in [1.165, 1.54) is 5.56 Å². The molecule has 4 nitrogen and oxygen atoms in total. The van der Waals surface area contributed by atoms with Crippen LogP contribution < -0.4 is 11.1 Å². The number of nitrogen functional groups attached to an aromatic ring is 1. The molecule has 0 aliphatic rings. The summed E-state index contributed by atoms with van der Waals surface area (Å²) in [7, 11) is 0. The van der Waals surface area contributed by atoms with Gasteiger partial charge in [-0.2, -0.15) is 0 Å². The Morgan fingerprint density at radius 1 is 1.50 bits per heavy atom. The molecule has 0 bridgehead atoms. The molecule has 1 amide bonds. The molecule has 0 fully saturated rings. The van der Waals surface area contributed by atoms with Crippen LogP contribution >= 0.6 is 11.8 Å². The highest BCUT2D eigenvalue weighted by molar-refractivity contribution is 7.99. The van der Waals surface area contributed by atoms with Gasteiger partial charge in [-0.15, -0.1) is 11.8 Å². The minimum atomic E-state index is 0.0699. The quantitative estimate of drug-likeness (QED) is 0.540. The number of thioether (sulfide) groups is 1. The molecular formula is C13H19N3OS. The minimum absolute atomic E-state index is 0.0699. The molecule has 0 aromatic heterocycles. The first-order valence-corrected chi connectivity index (χ1v) is 6.98. The lowest BCUT2D eigenvalue weighted by Crippen LogP contribution is -2.24. The van der Waals surface area contributed by atoms with Gasteiger partial charge >= 0.3 is 0 Å². The number of hydrogen-bond acceptors (Lipinski definition) is 3. The van der Waals surface area contributed by atoms with Crippen molar-refractivity contribution >= 4 is 23.5 Å². The fourth-order valence-electron chi connectivity index (χ4n) is 1.53. The lowest BCUT2D eigenvalue weighted by molar-refractivity contribution is -0.118. The number of benzene rings is 1. The lowest BCUT2D eigenvalue weighted by atomic mass is 10.1. The second-order valence-corrected chi connectivity index (χ2v) is 4.99. The highest BCUT2D eigenvalue weighted by Gasteiger charge is 2.04. The standard InChI is InChI=1S/C13H19N3OS/c1-3-16-12(17)8-18-7-11-5-4-10(13(14)15)6-9(11)2/h4-6H,3,7-8H2,1-2H3,(H3,14,15)(H,16,17). The third-order valence-electron chi connectivity index (χ3n) is 2.52. The van der Waals surface area contributed by atoms with Crippen molar-refractivity contribution in [1.82, 2.24) is 5.32 Å². The van der Waals surface area contributed by atoms with Gasteiger partial charge in [-0.05, 0) is 31.0 Å². The highest BCUT2D eigenvalue weighted by atomic mass is 32.2. The number of rotatable bonds is 6. The maximum atomic E-state index is 11.3. The molecule has 0 spiro atoms. The van der Waals surface area contributed by atoms with Crippen molar-refractivity contribution in [3.63, 3.8) is 0 Å². The molecule has 0 radical (unpaired) electrons. The number of aryl methyl sites for hydroxylation is 1. The number of amidine groups is 1. The van der Waals surface area contributed by atoms with E-state index in [2.05, 4.69) is 5.32 Å². The zero-order valence-electron chi connectivity index (χ0n) is 10.7. The largest absolute Gasteiger partial charge is 0.384 e. The van der Waals surface area contributed by atoms with Crippen molar-refractivity contribution in [1.29, 1.82) is 5.41 Å². The van der Waals surface area contributed by atoms with E-state index in [-0.39, 0.29) is 11.7 Å². The predicted octanol–water partition coefficient (Wildman–Crippen LogP) is 1.65. The van der Waals surface area contributed by atoms with Gasteiger partial charge in [0.25, 0.3) is 0 Å². The van der Waals surface area contributed by atoms with Crippen molar-refractivity contribution in [3.8, 4) is 0 Å². The van der Waals surface area contributed by atoms with Gasteiger partial charge in [0.15, 0.2) is 0 Å². The molecule has 0 unspecified atom stereocenters. The number of carbonyl (C=O) groups excluding carboxylic acids is 1. The van der Waals surface area contributed by atoms with Gasteiger partial charge < -0.3 is 11.1 Å². The number of hydrogen-bond donors (Lipinski definition) is 3. The summed E-state index contributed by atoms with van der Waals surface area (Å²) in [6, 6.07) is 5.72. The Morgan fingerprint density at radius 2 is 2.22 bits per heavy atom. The third-order valence-corrected chi connectivity index (χ3v) is 3.50. The monoisotopic (exact) mass is 265 g/mol. The van der Waals surface area contributed by atoms with E-state index in [1.54, 1.807) is 11.8 Å². The number of nitrogens with one attached hydrogen (secondary N) is 2. The molecule has 0 aliphatic carbocycles. The van der Waals surface area contributed by atoms with Crippen LogP contribution in [0.2, 0.25) is 0 Å². The molecule has 0 saturated carbocycles. The summed E-state index contributed by atoms with van der Waals surface area (Å²) in [5.41, 5.74) is 8.45. The molecule has 4 N–H and O–H groups in total. The van der Waals surface area contributed by atoms with Crippen LogP contribution in [0.25, 0.3) is 0 Å². The second-order valence-electron chi connectivity index (χ2n) is 4.00. The molecule has 5 heteroatoms. The molecular weight excluding hydrogens is 246 g/mol. The summed E-state index contributed by atoms with van der Waals surface area (Å²) in [5, 5.41) is 10.1. The highest BCUT2D eigenvalue weighted by Crippen LogP contribution is 2.17. The maximum absolute atomic E-state index is 11.3. The van der Waals surface area contributed by atoms with E-state index in [4.69, 9.17) is 11.1 Å². The van der Waals surface area contributed by atoms with Crippen LogP contribution in [-0.2, 0) is 10.5 Å². The first-order valence-electron chi connectivity index (χ1n) is 5.83. The molecule has 18 heavy (non-hydrogen) atoms. The van der Waals surface area contributed by atoms with E-state index in [1.807, 2.05) is 32.0 Å². The van der Waals surface area contributed by atoms with Crippen LogP contribution in [0.1, 0.15) is 23.6 Å². The molecule has 1 aromatic carbocycles. The Hall–Kier alpha value is -1.49. The Bertz CT molecular complexity index is 446. The first kappa shape index (κ1) is 14.6. The van der Waals surface area contributed by atoms with Crippen LogP contribution in [0, 0.1) is 12.3 Å². The molecule has 1 rings (SSSR count). The molecule has 1 aromatic rings. The van der Waals surface area contributed by atoms with E-state index in [0.29, 0.717) is 12.3 Å².